The highest BCUT2D eigenvalue weighted by atomic mass is 32.1. The van der Waals surface area contributed by atoms with Gasteiger partial charge in [-0.1, -0.05) is 24.3 Å². The van der Waals surface area contributed by atoms with E-state index >= 15 is 0 Å². The Morgan fingerprint density at radius 3 is 2.65 bits per heavy atom. The summed E-state index contributed by atoms with van der Waals surface area (Å²) in [4.78, 5) is 13.2. The lowest BCUT2D eigenvalue weighted by Gasteiger charge is -2.19. The van der Waals surface area contributed by atoms with E-state index in [1.807, 2.05) is 40.7 Å². The van der Waals surface area contributed by atoms with Gasteiger partial charge in [-0.15, -0.1) is 0 Å². The highest BCUT2D eigenvalue weighted by Gasteiger charge is 2.24. The zero-order chi connectivity index (χ0) is 25.7. The van der Waals surface area contributed by atoms with Gasteiger partial charge in [0.15, 0.2) is 5.11 Å². The van der Waals surface area contributed by atoms with Crippen LogP contribution in [0.25, 0.3) is 16.6 Å². The van der Waals surface area contributed by atoms with Crippen molar-refractivity contribution in [2.24, 2.45) is 5.10 Å². The van der Waals surface area contributed by atoms with Crippen LogP contribution in [-0.2, 0) is 19.3 Å². The van der Waals surface area contributed by atoms with Gasteiger partial charge in [0.25, 0.3) is 0 Å². The molecule has 8 heteroatoms. The first-order valence-corrected chi connectivity index (χ1v) is 12.8. The Hall–Kier alpha value is -4.17. The smallest absolute Gasteiger partial charge is 0.335 e. The number of nitrogens with zero attached hydrogens (tertiary/aromatic N) is 3. The first-order chi connectivity index (χ1) is 17.9. The average Bonchev–Trinajstić information content (AvgIpc) is 3.61. The molecule has 0 unspecified atom stereocenters. The number of hydrogen-bond donors (Lipinski definition) is 3. The van der Waals surface area contributed by atoms with Gasteiger partial charge >= 0.3 is 5.97 Å². The van der Waals surface area contributed by atoms with E-state index in [2.05, 4.69) is 28.7 Å². The number of aromatic carboxylic acids is 1. The van der Waals surface area contributed by atoms with E-state index in [0.717, 1.165) is 40.7 Å². The molecule has 186 valence electrons. The number of para-hydroxylation sites is 1. The molecule has 3 aromatic carbocycles. The Kier molecular flexibility index (Phi) is 5.68. The summed E-state index contributed by atoms with van der Waals surface area (Å²) in [6, 6.07) is 19.4. The van der Waals surface area contributed by atoms with Gasteiger partial charge in [-0.25, -0.2) is 4.79 Å². The van der Waals surface area contributed by atoms with Crippen molar-refractivity contribution in [1.82, 2.24) is 9.99 Å². The predicted octanol–water partition coefficient (Wildman–Crippen LogP) is 5.18. The van der Waals surface area contributed by atoms with Gasteiger partial charge in [0.05, 0.1) is 22.4 Å². The van der Waals surface area contributed by atoms with Crippen molar-refractivity contribution in [2.45, 2.75) is 32.6 Å². The van der Waals surface area contributed by atoms with Crippen LogP contribution in [-0.4, -0.2) is 38.1 Å². The van der Waals surface area contributed by atoms with Crippen LogP contribution in [0.1, 0.15) is 46.0 Å². The third-order valence-corrected chi connectivity index (χ3v) is 7.65. The fourth-order valence-electron chi connectivity index (χ4n) is 5.54. The minimum atomic E-state index is -0.943. The normalized spacial score (nSPS) is 14.6. The molecule has 1 aliphatic carbocycles. The molecule has 7 nitrogen and oxygen atoms in total. The number of aromatic nitrogens is 1. The van der Waals surface area contributed by atoms with Gasteiger partial charge in [0, 0.05) is 23.3 Å². The molecule has 3 N–H and O–H groups in total. The van der Waals surface area contributed by atoms with E-state index in [0.29, 0.717) is 29.4 Å². The first-order valence-electron chi connectivity index (χ1n) is 12.4. The Balaban J connectivity index is 1.31. The molecule has 4 aromatic rings. The van der Waals surface area contributed by atoms with E-state index in [4.69, 9.17) is 12.2 Å². The number of fused-ring (bicyclic) bond motifs is 3. The van der Waals surface area contributed by atoms with Crippen LogP contribution in [0.15, 0.2) is 65.8 Å². The summed E-state index contributed by atoms with van der Waals surface area (Å²) in [5.74, 6) is -0.804. The minimum absolute atomic E-state index is 0.140. The van der Waals surface area contributed by atoms with Gasteiger partial charge < -0.3 is 15.1 Å². The second-order valence-electron chi connectivity index (χ2n) is 9.52. The van der Waals surface area contributed by atoms with E-state index in [9.17, 15) is 15.0 Å². The number of benzene rings is 3. The number of nitrogens with one attached hydrogen (secondary N) is 1. The van der Waals surface area contributed by atoms with E-state index in [-0.39, 0.29) is 11.4 Å². The summed E-state index contributed by atoms with van der Waals surface area (Å²) >= 11 is 5.62. The number of hydrogen-bond acceptors (Lipinski definition) is 4. The zero-order valence-electron chi connectivity index (χ0n) is 20.4. The Morgan fingerprint density at radius 1 is 1.00 bits per heavy atom. The number of carbonyl (C=O) groups is 1. The SMILES string of the molecule is C/C(=N\NC(=S)N1CCc2cc(C(=O)O)ccc21)c1c(O)n(-c2ccc3c(c2)CCC3)c2ccccc12. The zero-order valence-corrected chi connectivity index (χ0v) is 21.2. The van der Waals surface area contributed by atoms with Gasteiger partial charge in [-0.3, -0.25) is 9.99 Å². The Bertz CT molecular complexity index is 1620. The summed E-state index contributed by atoms with van der Waals surface area (Å²) in [5, 5.41) is 26.6. The van der Waals surface area contributed by atoms with Gasteiger partial charge in [0.2, 0.25) is 5.88 Å². The molecule has 0 amide bonds. The van der Waals surface area contributed by atoms with Crippen molar-refractivity contribution in [3.63, 3.8) is 0 Å². The maximum absolute atomic E-state index is 11.4. The van der Waals surface area contributed by atoms with Crippen molar-refractivity contribution < 1.29 is 15.0 Å². The van der Waals surface area contributed by atoms with Gasteiger partial charge in [-0.2, -0.15) is 5.10 Å². The minimum Gasteiger partial charge on any atom is -0.494 e. The summed E-state index contributed by atoms with van der Waals surface area (Å²) in [7, 11) is 0. The number of anilines is 1. The predicted molar refractivity (Wildman–Crippen MR) is 149 cm³/mol. The lowest BCUT2D eigenvalue weighted by atomic mass is 10.1. The quantitative estimate of drug-likeness (QED) is 0.199. The van der Waals surface area contributed by atoms with Crippen molar-refractivity contribution >= 4 is 45.6 Å². The van der Waals surface area contributed by atoms with Crippen molar-refractivity contribution in [1.29, 1.82) is 0 Å². The number of aromatic hydroxyl groups is 1. The molecule has 1 aliphatic heterocycles. The van der Waals surface area contributed by atoms with Gasteiger partial charge in [-0.05, 0) is 97.9 Å². The lowest BCUT2D eigenvalue weighted by molar-refractivity contribution is 0.0697. The van der Waals surface area contributed by atoms with Crippen LogP contribution in [0.4, 0.5) is 5.69 Å². The highest BCUT2D eigenvalue weighted by Crippen LogP contribution is 2.36. The summed E-state index contributed by atoms with van der Waals surface area (Å²) in [6.45, 7) is 2.49. The molecule has 2 aliphatic rings. The van der Waals surface area contributed by atoms with Crippen LogP contribution in [0.3, 0.4) is 0 Å². The van der Waals surface area contributed by atoms with Crippen LogP contribution < -0.4 is 10.3 Å². The Morgan fingerprint density at radius 2 is 1.81 bits per heavy atom. The number of aryl methyl sites for hydroxylation is 2. The molecule has 6 rings (SSSR count). The molecule has 0 bridgehead atoms. The summed E-state index contributed by atoms with van der Waals surface area (Å²) < 4.78 is 1.89. The molecule has 37 heavy (non-hydrogen) atoms. The number of carboxylic acids is 1. The average molecular weight is 511 g/mol. The molecule has 0 spiro atoms. The third-order valence-electron chi connectivity index (χ3n) is 7.34. The van der Waals surface area contributed by atoms with E-state index in [1.165, 1.54) is 17.5 Å². The van der Waals surface area contributed by atoms with Crippen LogP contribution >= 0.6 is 12.2 Å². The fourth-order valence-corrected chi connectivity index (χ4v) is 5.77. The molecular formula is C29H26N4O3S. The molecule has 0 saturated heterocycles. The third kappa shape index (κ3) is 3.94. The fraction of sp³-hybridized carbons (Fsp3) is 0.207. The second-order valence-corrected chi connectivity index (χ2v) is 9.91. The van der Waals surface area contributed by atoms with Crippen molar-refractivity contribution in [3.05, 3.63) is 88.5 Å². The standard InChI is InChI=1S/C29H26N4O3S/c1-17(30-31-29(37)32-14-13-20-15-21(28(35)36)10-12-24(20)32)26-23-7-2-3-8-25(23)33(27(26)34)22-11-9-18-5-4-6-19(18)16-22/h2-3,7-12,15-16,34H,4-6,13-14H2,1H3,(H,31,37)(H,35,36)/b30-17+. The molecule has 1 aromatic heterocycles. The van der Waals surface area contributed by atoms with Crippen LogP contribution in [0.2, 0.25) is 0 Å². The molecule has 0 atom stereocenters. The molecule has 0 radical (unpaired) electrons. The topological polar surface area (TPSA) is 90.1 Å². The molecule has 0 fully saturated rings. The second kappa shape index (κ2) is 9.05. The maximum atomic E-state index is 11.4. The molecular weight excluding hydrogens is 484 g/mol. The van der Waals surface area contributed by atoms with Crippen molar-refractivity contribution in [3.8, 4) is 11.6 Å². The summed E-state index contributed by atoms with van der Waals surface area (Å²) in [5.41, 5.74) is 10.9. The largest absolute Gasteiger partial charge is 0.494 e. The number of rotatable bonds is 4. The highest BCUT2D eigenvalue weighted by molar-refractivity contribution is 7.80. The molecule has 2 heterocycles. The Labute approximate surface area is 219 Å². The number of thiocarbonyl (C=S) groups is 1. The summed E-state index contributed by atoms with van der Waals surface area (Å²) in [6.07, 6.45) is 4.05. The van der Waals surface area contributed by atoms with E-state index in [1.54, 1.807) is 18.2 Å². The lowest BCUT2D eigenvalue weighted by Crippen LogP contribution is -2.36. The van der Waals surface area contributed by atoms with Crippen LogP contribution in [0, 0.1) is 0 Å². The van der Waals surface area contributed by atoms with Crippen LogP contribution in [0.5, 0.6) is 5.88 Å². The number of carboxylic acid groups (broad SMARTS) is 1. The molecule has 0 saturated carbocycles. The van der Waals surface area contributed by atoms with Gasteiger partial charge in [0.1, 0.15) is 0 Å². The first kappa shape index (κ1) is 23.2. The monoisotopic (exact) mass is 510 g/mol. The van der Waals surface area contributed by atoms with Crippen molar-refractivity contribution in [2.75, 3.05) is 11.4 Å². The van der Waals surface area contributed by atoms with E-state index < -0.39 is 5.97 Å². The maximum Gasteiger partial charge on any atom is 0.335 e. The number of hydrazone groups is 1.